The highest BCUT2D eigenvalue weighted by atomic mass is 19.3. The number of ether oxygens (including phenoxy) is 1. The molecule has 0 aliphatic heterocycles. The van der Waals surface area contributed by atoms with Crippen LogP contribution < -0.4 is 0 Å². The van der Waals surface area contributed by atoms with Crippen molar-refractivity contribution >= 4 is 0 Å². The van der Waals surface area contributed by atoms with Crippen molar-refractivity contribution in [3.8, 4) is 0 Å². The number of rotatable bonds is 10. The Labute approximate surface area is 185 Å². The van der Waals surface area contributed by atoms with E-state index in [9.17, 15) is 8.78 Å². The molecule has 1 aliphatic rings. The molecule has 1 fully saturated rings. The van der Waals surface area contributed by atoms with E-state index in [1.807, 2.05) is 30.3 Å². The number of alkyl halides is 2. The number of hydrogen-bond acceptors (Lipinski definition) is 1. The van der Waals surface area contributed by atoms with E-state index in [1.165, 1.54) is 31.2 Å². The smallest absolute Gasteiger partial charge is 0.315 e. The maximum Gasteiger partial charge on any atom is 0.360 e. The fourth-order valence-corrected chi connectivity index (χ4v) is 4.37. The van der Waals surface area contributed by atoms with Gasteiger partial charge in [0.2, 0.25) is 0 Å². The van der Waals surface area contributed by atoms with E-state index in [0.717, 1.165) is 24.0 Å². The van der Waals surface area contributed by atoms with Gasteiger partial charge in [0.1, 0.15) is 0 Å². The minimum Gasteiger partial charge on any atom is -0.315 e. The molecule has 0 spiro atoms. The lowest BCUT2D eigenvalue weighted by molar-refractivity contribution is -0.244. The minimum absolute atomic E-state index is 0.0846. The molecule has 0 saturated heterocycles. The third kappa shape index (κ3) is 7.43. The summed E-state index contributed by atoms with van der Waals surface area (Å²) in [7, 11) is 0. The average Bonchev–Trinajstić information content (AvgIpc) is 2.78. The molecule has 1 nitrogen and oxygen atoms in total. The first-order valence-electron chi connectivity index (χ1n) is 11.4. The van der Waals surface area contributed by atoms with Crippen LogP contribution in [0.2, 0.25) is 0 Å². The fourth-order valence-electron chi connectivity index (χ4n) is 4.37. The van der Waals surface area contributed by atoms with Crippen molar-refractivity contribution in [1.82, 2.24) is 0 Å². The van der Waals surface area contributed by atoms with Crippen molar-refractivity contribution < 1.29 is 13.5 Å². The van der Waals surface area contributed by atoms with Crippen LogP contribution in [-0.4, -0.2) is 6.11 Å². The van der Waals surface area contributed by atoms with E-state index < -0.39 is 12.5 Å². The molecule has 0 radical (unpaired) electrons. The van der Waals surface area contributed by atoms with Gasteiger partial charge in [-0.15, -0.1) is 6.58 Å². The molecule has 0 amide bonds. The van der Waals surface area contributed by atoms with Crippen molar-refractivity contribution in [3.63, 3.8) is 0 Å². The fraction of sp³-hybridized carbons (Fsp3) is 0.429. The molecule has 2 aromatic rings. The normalized spacial score (nSPS) is 19.6. The summed E-state index contributed by atoms with van der Waals surface area (Å²) in [6, 6.07) is 15.3. The molecule has 1 saturated carbocycles. The summed E-state index contributed by atoms with van der Waals surface area (Å²) in [5.41, 5.74) is 3.80. The van der Waals surface area contributed by atoms with E-state index in [-0.39, 0.29) is 6.61 Å². The third-order valence-electron chi connectivity index (χ3n) is 6.21. The van der Waals surface area contributed by atoms with Crippen LogP contribution in [0.1, 0.15) is 67.2 Å². The van der Waals surface area contributed by atoms with Crippen LogP contribution in [0.25, 0.3) is 0 Å². The predicted molar refractivity (Wildman–Crippen MR) is 124 cm³/mol. The first-order chi connectivity index (χ1) is 15.0. The van der Waals surface area contributed by atoms with Crippen LogP contribution in [0.5, 0.6) is 0 Å². The van der Waals surface area contributed by atoms with Crippen molar-refractivity contribution in [1.29, 1.82) is 0 Å². The Bertz CT molecular complexity index is 828. The molecule has 0 N–H and O–H groups in total. The summed E-state index contributed by atoms with van der Waals surface area (Å²) in [5, 5.41) is 0. The largest absolute Gasteiger partial charge is 0.360 e. The summed E-state index contributed by atoms with van der Waals surface area (Å²) < 4.78 is 33.6. The summed E-state index contributed by atoms with van der Waals surface area (Å²) >= 11 is 0. The van der Waals surface area contributed by atoms with E-state index in [0.29, 0.717) is 17.4 Å². The molecule has 0 atom stereocenters. The third-order valence-corrected chi connectivity index (χ3v) is 6.21. The molecule has 2 aromatic carbocycles. The predicted octanol–water partition coefficient (Wildman–Crippen LogP) is 8.01. The lowest BCUT2D eigenvalue weighted by atomic mass is 9.78. The van der Waals surface area contributed by atoms with Gasteiger partial charge < -0.3 is 4.74 Å². The Morgan fingerprint density at radius 1 is 0.935 bits per heavy atom. The Morgan fingerprint density at radius 3 is 2.16 bits per heavy atom. The highest BCUT2D eigenvalue weighted by Gasteiger charge is 2.30. The molecule has 3 rings (SSSR count). The molecular formula is C28H34F2O. The summed E-state index contributed by atoms with van der Waals surface area (Å²) in [5.74, 6) is 1.28. The summed E-state index contributed by atoms with van der Waals surface area (Å²) in [6.07, 6.45) is 9.31. The van der Waals surface area contributed by atoms with Gasteiger partial charge in [-0.2, -0.15) is 8.78 Å². The van der Waals surface area contributed by atoms with Gasteiger partial charge in [0.15, 0.2) is 0 Å². The van der Waals surface area contributed by atoms with Gasteiger partial charge in [-0.05, 0) is 79.5 Å². The van der Waals surface area contributed by atoms with E-state index >= 15 is 0 Å². The summed E-state index contributed by atoms with van der Waals surface area (Å²) in [6.45, 7) is 5.70. The maximum atomic E-state index is 14.3. The number of hydrogen-bond donors (Lipinski definition) is 0. The molecule has 3 heteroatoms. The van der Waals surface area contributed by atoms with Crippen molar-refractivity contribution in [3.05, 3.63) is 95.6 Å². The monoisotopic (exact) mass is 424 g/mol. The zero-order chi connectivity index (χ0) is 22.1. The Morgan fingerprint density at radius 2 is 1.55 bits per heavy atom. The second-order valence-corrected chi connectivity index (χ2v) is 8.63. The number of benzene rings is 2. The van der Waals surface area contributed by atoms with Gasteiger partial charge in [0.05, 0.1) is 13.0 Å². The van der Waals surface area contributed by atoms with Crippen LogP contribution in [-0.2, 0) is 24.2 Å². The van der Waals surface area contributed by atoms with Crippen molar-refractivity contribution in [2.75, 3.05) is 0 Å². The van der Waals surface area contributed by atoms with Crippen LogP contribution in [0.4, 0.5) is 8.78 Å². The van der Waals surface area contributed by atoms with E-state index in [1.54, 1.807) is 12.1 Å². The quantitative estimate of drug-likeness (QED) is 0.351. The van der Waals surface area contributed by atoms with E-state index in [2.05, 4.69) is 37.8 Å². The number of halogens is 2. The van der Waals surface area contributed by atoms with E-state index in [4.69, 9.17) is 4.74 Å². The second-order valence-electron chi connectivity index (χ2n) is 8.63. The second kappa shape index (κ2) is 11.4. The standard InChI is InChI=1S/C28H34F2O/c1-3-5-7-23-8-10-24(11-9-23)20-28(29,30)31-21-25-14-18-27(19-15-25)26-16-12-22(6-4-2)13-17-26/h3-4,6,8-11,14-15,18-19,22,26H,1,5,7,12-13,16-17,20-21H2,2H3/b6-4+. The SMILES string of the molecule is C=CCCc1ccc(CC(F)(F)OCc2ccc(C3CCC(/C=C/C)CC3)cc2)cc1. The van der Waals surface area contributed by atoms with Crippen molar-refractivity contribution in [2.45, 2.75) is 70.5 Å². The van der Waals surface area contributed by atoms with Gasteiger partial charge in [-0.25, -0.2) is 0 Å². The average molecular weight is 425 g/mol. The number of aryl methyl sites for hydroxylation is 1. The zero-order valence-electron chi connectivity index (χ0n) is 18.5. The van der Waals surface area contributed by atoms with Gasteiger partial charge in [0, 0.05) is 0 Å². The molecular weight excluding hydrogens is 390 g/mol. The molecule has 1 aliphatic carbocycles. The van der Waals surface area contributed by atoms with Crippen LogP contribution in [0, 0.1) is 5.92 Å². The highest BCUT2D eigenvalue weighted by molar-refractivity contribution is 5.26. The van der Waals surface area contributed by atoms with Gasteiger partial charge in [-0.1, -0.05) is 66.8 Å². The Hall–Kier alpha value is -2.26. The molecule has 0 bridgehead atoms. The molecule has 0 heterocycles. The van der Waals surface area contributed by atoms with Crippen LogP contribution in [0.3, 0.4) is 0 Å². The van der Waals surface area contributed by atoms with Crippen molar-refractivity contribution in [2.24, 2.45) is 5.92 Å². The lowest BCUT2D eigenvalue weighted by Gasteiger charge is -2.27. The Kier molecular flexibility index (Phi) is 8.60. The molecule has 31 heavy (non-hydrogen) atoms. The van der Waals surface area contributed by atoms with Gasteiger partial charge in [0.25, 0.3) is 0 Å². The minimum atomic E-state index is -3.19. The first kappa shape index (κ1) is 23.4. The summed E-state index contributed by atoms with van der Waals surface area (Å²) in [4.78, 5) is 0. The molecule has 166 valence electrons. The van der Waals surface area contributed by atoms with Gasteiger partial charge >= 0.3 is 6.11 Å². The van der Waals surface area contributed by atoms with Gasteiger partial charge in [-0.3, -0.25) is 0 Å². The number of allylic oxidation sites excluding steroid dienone is 3. The molecule has 0 unspecified atom stereocenters. The van der Waals surface area contributed by atoms with Crippen LogP contribution in [0.15, 0.2) is 73.3 Å². The van der Waals surface area contributed by atoms with Crippen LogP contribution >= 0.6 is 0 Å². The Balaban J connectivity index is 1.48. The zero-order valence-corrected chi connectivity index (χ0v) is 18.5. The topological polar surface area (TPSA) is 9.23 Å². The lowest BCUT2D eigenvalue weighted by Crippen LogP contribution is -2.23. The maximum absolute atomic E-state index is 14.3. The highest BCUT2D eigenvalue weighted by Crippen LogP contribution is 2.36. The molecule has 0 aromatic heterocycles. The first-order valence-corrected chi connectivity index (χ1v) is 11.4.